The molecule has 1 unspecified atom stereocenters. The van der Waals surface area contributed by atoms with Crippen molar-refractivity contribution in [3.63, 3.8) is 0 Å². The van der Waals surface area contributed by atoms with Crippen LogP contribution in [0, 0.1) is 10.1 Å². The fourth-order valence-corrected chi connectivity index (χ4v) is 1.14. The van der Waals surface area contributed by atoms with Crippen LogP contribution in [0.2, 0.25) is 0 Å². The number of allylic oxidation sites excluding steroid dienone is 2. The zero-order valence-electron chi connectivity index (χ0n) is 8.39. The number of hydrogen-bond donors (Lipinski definition) is 1. The summed E-state index contributed by atoms with van der Waals surface area (Å²) in [6.45, 7) is 1.36. The lowest BCUT2D eigenvalue weighted by molar-refractivity contribution is -0.416. The van der Waals surface area contributed by atoms with Crippen LogP contribution in [0.15, 0.2) is 16.4 Å². The normalized spacial score (nSPS) is 20.0. The highest BCUT2D eigenvalue weighted by atomic mass is 16.6. The van der Waals surface area contributed by atoms with Crippen LogP contribution in [0.4, 0.5) is 0 Å². The highest BCUT2D eigenvalue weighted by Crippen LogP contribution is 2.12. The Morgan fingerprint density at radius 2 is 2.47 bits per heavy atom. The summed E-state index contributed by atoms with van der Waals surface area (Å²) in [4.78, 5) is 24.7. The number of methoxy groups -OCH3 is 1. The highest BCUT2D eigenvalue weighted by molar-refractivity contribution is 5.83. The van der Waals surface area contributed by atoms with Crippen molar-refractivity contribution >= 4 is 12.0 Å². The molecule has 0 saturated heterocycles. The summed E-state index contributed by atoms with van der Waals surface area (Å²) in [5, 5.41) is 13.3. The molecule has 0 saturated carbocycles. The Balaban J connectivity index is 2.93. The van der Waals surface area contributed by atoms with Gasteiger partial charge in [0.15, 0.2) is 0 Å². The van der Waals surface area contributed by atoms with Crippen molar-refractivity contribution in [1.29, 1.82) is 0 Å². The van der Waals surface area contributed by atoms with Gasteiger partial charge in [-0.15, -0.1) is 0 Å². The lowest BCUT2D eigenvalue weighted by atomic mass is 10.2. The van der Waals surface area contributed by atoms with Crippen LogP contribution in [0.25, 0.3) is 0 Å². The van der Waals surface area contributed by atoms with E-state index in [2.05, 4.69) is 10.3 Å². The van der Waals surface area contributed by atoms with E-state index in [0.717, 1.165) is 6.21 Å². The van der Waals surface area contributed by atoms with E-state index in [4.69, 9.17) is 4.74 Å². The molecule has 0 aromatic carbocycles. The Kier molecular flexibility index (Phi) is 3.51. The van der Waals surface area contributed by atoms with Crippen molar-refractivity contribution in [2.75, 3.05) is 7.11 Å². The predicted octanol–water partition coefficient (Wildman–Crippen LogP) is 0.0578. The molecule has 1 N–H and O–H groups in total. The molecule has 0 bridgehead atoms. The largest absolute Gasteiger partial charge is 0.343 e. The molecule has 1 heterocycles. The Morgan fingerprint density at radius 3 is 2.93 bits per heavy atom. The van der Waals surface area contributed by atoms with Gasteiger partial charge in [-0.25, -0.2) is 4.99 Å². The van der Waals surface area contributed by atoms with Gasteiger partial charge in [0.05, 0.1) is 11.3 Å². The monoisotopic (exact) mass is 213 g/mol. The molecule has 1 aliphatic rings. The molecule has 0 fully saturated rings. The number of rotatable bonds is 4. The topological polar surface area (TPSA) is 93.8 Å². The minimum absolute atomic E-state index is 0.0256. The molecule has 0 aromatic rings. The molecule has 0 spiro atoms. The summed E-state index contributed by atoms with van der Waals surface area (Å²) < 4.78 is 4.85. The number of nitro groups is 1. The first-order valence-corrected chi connectivity index (χ1v) is 4.24. The van der Waals surface area contributed by atoms with Crippen LogP contribution < -0.4 is 5.32 Å². The fraction of sp³-hybridized carbons (Fsp3) is 0.500. The van der Waals surface area contributed by atoms with Gasteiger partial charge in [-0.05, 0) is 6.92 Å². The number of nitrogens with one attached hydrogen (secondary N) is 1. The SMILES string of the molecule is COC1N=CC([N+](=O)[O-])=C(CC(C)=O)N1. The minimum Gasteiger partial charge on any atom is -0.343 e. The third-order valence-electron chi connectivity index (χ3n) is 1.78. The van der Waals surface area contributed by atoms with Gasteiger partial charge in [0, 0.05) is 7.11 Å². The highest BCUT2D eigenvalue weighted by Gasteiger charge is 2.24. The molecular weight excluding hydrogens is 202 g/mol. The molecule has 7 heteroatoms. The maximum Gasteiger partial charge on any atom is 0.306 e. The van der Waals surface area contributed by atoms with Crippen LogP contribution in [0.3, 0.4) is 0 Å². The molecule has 1 rings (SSSR count). The number of nitrogens with zero attached hydrogens (tertiary/aromatic N) is 2. The number of aliphatic imine (C=N–C) groups is 1. The molecule has 1 aliphatic heterocycles. The van der Waals surface area contributed by atoms with Gasteiger partial charge in [-0.3, -0.25) is 14.9 Å². The Hall–Kier alpha value is -1.76. The van der Waals surface area contributed by atoms with Crippen LogP contribution in [-0.4, -0.2) is 30.4 Å². The van der Waals surface area contributed by atoms with Crippen molar-refractivity contribution < 1.29 is 14.5 Å². The van der Waals surface area contributed by atoms with Gasteiger partial charge in [0.25, 0.3) is 0 Å². The van der Waals surface area contributed by atoms with Crippen LogP contribution in [0.1, 0.15) is 13.3 Å². The standard InChI is InChI=1S/C8H11N3O4/c1-5(12)3-6-7(11(13)14)4-9-8(10-6)15-2/h4,8,10H,3H2,1-2H3. The average Bonchev–Trinajstić information content (AvgIpc) is 2.16. The molecule has 7 nitrogen and oxygen atoms in total. The summed E-state index contributed by atoms with van der Waals surface area (Å²) in [7, 11) is 1.41. The molecule has 0 radical (unpaired) electrons. The number of carbonyl (C=O) groups is 1. The zero-order chi connectivity index (χ0) is 11.4. The second kappa shape index (κ2) is 4.65. The maximum absolute atomic E-state index is 10.9. The molecule has 0 aromatic heterocycles. The lowest BCUT2D eigenvalue weighted by Gasteiger charge is -2.18. The van der Waals surface area contributed by atoms with Gasteiger partial charge < -0.3 is 10.1 Å². The van der Waals surface area contributed by atoms with E-state index in [1.165, 1.54) is 14.0 Å². The molecular formula is C8H11N3O4. The van der Waals surface area contributed by atoms with E-state index >= 15 is 0 Å². The molecule has 82 valence electrons. The minimum atomic E-state index is -0.664. The average molecular weight is 213 g/mol. The van der Waals surface area contributed by atoms with Crippen LogP contribution in [0.5, 0.6) is 0 Å². The summed E-state index contributed by atoms with van der Waals surface area (Å²) in [5.74, 6) is -0.165. The quantitative estimate of drug-likeness (QED) is 0.526. The number of carbonyl (C=O) groups excluding carboxylic acids is 1. The zero-order valence-corrected chi connectivity index (χ0v) is 8.39. The van der Waals surface area contributed by atoms with Crippen LogP contribution in [-0.2, 0) is 9.53 Å². The van der Waals surface area contributed by atoms with E-state index in [-0.39, 0.29) is 23.6 Å². The fourth-order valence-electron chi connectivity index (χ4n) is 1.14. The van der Waals surface area contributed by atoms with Gasteiger partial charge in [0.2, 0.25) is 6.35 Å². The van der Waals surface area contributed by atoms with Crippen molar-refractivity contribution in [2.45, 2.75) is 19.7 Å². The van der Waals surface area contributed by atoms with E-state index in [0.29, 0.717) is 0 Å². The summed E-state index contributed by atoms with van der Waals surface area (Å²) in [5.41, 5.74) is 0.0350. The maximum atomic E-state index is 10.9. The number of ether oxygens (including phenoxy) is 1. The Bertz CT molecular complexity index is 348. The Labute approximate surface area is 86.0 Å². The van der Waals surface area contributed by atoms with Crippen molar-refractivity contribution in [3.05, 3.63) is 21.5 Å². The van der Waals surface area contributed by atoms with E-state index in [9.17, 15) is 14.9 Å². The predicted molar refractivity (Wildman–Crippen MR) is 51.7 cm³/mol. The summed E-state index contributed by atoms with van der Waals surface area (Å²) in [6, 6.07) is 0. The van der Waals surface area contributed by atoms with Crippen LogP contribution >= 0.6 is 0 Å². The third-order valence-corrected chi connectivity index (χ3v) is 1.78. The molecule has 0 aliphatic carbocycles. The molecule has 1 atom stereocenters. The second-order valence-electron chi connectivity index (χ2n) is 3.01. The first-order valence-electron chi connectivity index (χ1n) is 4.24. The van der Waals surface area contributed by atoms with E-state index < -0.39 is 11.3 Å². The lowest BCUT2D eigenvalue weighted by Crippen LogP contribution is -2.34. The summed E-state index contributed by atoms with van der Waals surface area (Å²) >= 11 is 0. The van der Waals surface area contributed by atoms with Gasteiger partial charge >= 0.3 is 5.70 Å². The number of Topliss-reactive ketones (excluding diaryl/α,β-unsaturated/α-hetero) is 1. The van der Waals surface area contributed by atoms with Gasteiger partial charge in [-0.2, -0.15) is 0 Å². The van der Waals surface area contributed by atoms with E-state index in [1.54, 1.807) is 0 Å². The number of ketones is 1. The molecule has 15 heavy (non-hydrogen) atoms. The third kappa shape index (κ3) is 2.84. The first kappa shape index (κ1) is 11.3. The van der Waals surface area contributed by atoms with Crippen molar-refractivity contribution in [1.82, 2.24) is 5.32 Å². The Morgan fingerprint density at radius 1 is 1.80 bits per heavy atom. The molecule has 0 amide bonds. The second-order valence-corrected chi connectivity index (χ2v) is 3.01. The summed E-state index contributed by atoms with van der Waals surface area (Å²) in [6.07, 6.45) is 0.411. The number of hydrogen-bond acceptors (Lipinski definition) is 6. The van der Waals surface area contributed by atoms with Gasteiger partial charge in [0.1, 0.15) is 17.7 Å². The van der Waals surface area contributed by atoms with Crippen molar-refractivity contribution in [3.8, 4) is 0 Å². The van der Waals surface area contributed by atoms with Gasteiger partial charge in [-0.1, -0.05) is 0 Å². The smallest absolute Gasteiger partial charge is 0.306 e. The van der Waals surface area contributed by atoms with Crippen molar-refractivity contribution in [2.24, 2.45) is 4.99 Å². The van der Waals surface area contributed by atoms with E-state index in [1.807, 2.05) is 0 Å². The first-order chi connectivity index (χ1) is 7.04.